The Bertz CT molecular complexity index is 836. The average Bonchev–Trinajstić information content (AvgIpc) is 2.59. The molecule has 0 heterocycles. The van der Waals surface area contributed by atoms with Gasteiger partial charge in [0.1, 0.15) is 11.1 Å². The van der Waals surface area contributed by atoms with E-state index in [0.717, 1.165) is 5.56 Å². The maximum absolute atomic E-state index is 12.6. The molecular formula is C17H19ClN2O4S. The zero-order valence-corrected chi connectivity index (χ0v) is 15.3. The summed E-state index contributed by atoms with van der Waals surface area (Å²) in [4.78, 5) is 11.6. The number of aryl methyl sites for hydroxylation is 1. The standard InChI is InChI=1S/C17H19ClN2O4S/c1-11-3-9-14(10-4-11)25(22,23)20-16(15(18)17(19)21)12-5-7-13(24-2)8-6-12/h3-10,15-16,20H,1-2H3,(H2,19,21)/t15-,16-/m1/s1. The minimum atomic E-state index is -3.89. The third kappa shape index (κ3) is 4.72. The Hall–Kier alpha value is -2.09. The molecule has 0 saturated carbocycles. The first kappa shape index (κ1) is 19.2. The first-order valence-corrected chi connectivity index (χ1v) is 9.33. The number of hydrogen-bond acceptors (Lipinski definition) is 4. The largest absolute Gasteiger partial charge is 0.497 e. The highest BCUT2D eigenvalue weighted by Crippen LogP contribution is 2.26. The molecule has 134 valence electrons. The van der Waals surface area contributed by atoms with Crippen LogP contribution < -0.4 is 15.2 Å². The van der Waals surface area contributed by atoms with E-state index in [1.807, 2.05) is 6.92 Å². The number of hydrogen-bond donors (Lipinski definition) is 2. The summed E-state index contributed by atoms with van der Waals surface area (Å²) < 4.78 is 32.8. The van der Waals surface area contributed by atoms with Crippen LogP contribution in [0.3, 0.4) is 0 Å². The van der Waals surface area contributed by atoms with Gasteiger partial charge in [0.15, 0.2) is 0 Å². The van der Waals surface area contributed by atoms with E-state index >= 15 is 0 Å². The average molecular weight is 383 g/mol. The van der Waals surface area contributed by atoms with Gasteiger partial charge in [-0.2, -0.15) is 0 Å². The molecule has 0 bridgehead atoms. The van der Waals surface area contributed by atoms with E-state index in [2.05, 4.69) is 4.72 Å². The summed E-state index contributed by atoms with van der Waals surface area (Å²) in [6, 6.07) is 11.9. The summed E-state index contributed by atoms with van der Waals surface area (Å²) in [5, 5.41) is -1.26. The highest BCUT2D eigenvalue weighted by molar-refractivity contribution is 7.89. The van der Waals surface area contributed by atoms with Crippen molar-refractivity contribution in [2.45, 2.75) is 23.2 Å². The third-order valence-electron chi connectivity index (χ3n) is 3.65. The number of halogens is 1. The van der Waals surface area contributed by atoms with Crippen molar-refractivity contribution in [1.29, 1.82) is 0 Å². The van der Waals surface area contributed by atoms with E-state index < -0.39 is 27.3 Å². The number of carbonyl (C=O) groups is 1. The molecule has 0 radical (unpaired) electrons. The Morgan fingerprint density at radius 1 is 1.12 bits per heavy atom. The number of primary amides is 1. The summed E-state index contributed by atoms with van der Waals surface area (Å²) in [7, 11) is -2.38. The van der Waals surface area contributed by atoms with Gasteiger partial charge in [-0.05, 0) is 36.8 Å². The second-order valence-electron chi connectivity index (χ2n) is 5.49. The number of amides is 1. The van der Waals surface area contributed by atoms with Gasteiger partial charge in [0.25, 0.3) is 0 Å². The third-order valence-corrected chi connectivity index (χ3v) is 5.58. The molecule has 2 aromatic carbocycles. The summed E-state index contributed by atoms with van der Waals surface area (Å²) in [6.07, 6.45) is 0. The molecule has 25 heavy (non-hydrogen) atoms. The van der Waals surface area contributed by atoms with E-state index in [1.165, 1.54) is 19.2 Å². The zero-order chi connectivity index (χ0) is 18.6. The van der Waals surface area contributed by atoms with Gasteiger partial charge < -0.3 is 10.5 Å². The number of alkyl halides is 1. The molecule has 0 aliphatic heterocycles. The molecule has 2 aromatic rings. The van der Waals surface area contributed by atoms with E-state index in [4.69, 9.17) is 22.1 Å². The lowest BCUT2D eigenvalue weighted by atomic mass is 10.0. The van der Waals surface area contributed by atoms with Crippen LogP contribution in [0.4, 0.5) is 0 Å². The minimum absolute atomic E-state index is 0.0740. The van der Waals surface area contributed by atoms with Crippen LogP contribution in [-0.4, -0.2) is 26.8 Å². The molecule has 0 aliphatic rings. The van der Waals surface area contributed by atoms with Crippen molar-refractivity contribution in [3.63, 3.8) is 0 Å². The van der Waals surface area contributed by atoms with Gasteiger partial charge in [-0.3, -0.25) is 4.79 Å². The van der Waals surface area contributed by atoms with Crippen molar-refractivity contribution in [3.8, 4) is 5.75 Å². The van der Waals surface area contributed by atoms with E-state index in [0.29, 0.717) is 11.3 Å². The molecule has 2 rings (SSSR count). The number of ether oxygens (including phenoxy) is 1. The monoisotopic (exact) mass is 382 g/mol. The molecule has 0 aliphatic carbocycles. The maximum Gasteiger partial charge on any atom is 0.241 e. The zero-order valence-electron chi connectivity index (χ0n) is 13.8. The smallest absolute Gasteiger partial charge is 0.241 e. The van der Waals surface area contributed by atoms with Crippen molar-refractivity contribution in [2.75, 3.05) is 7.11 Å². The molecule has 2 atom stereocenters. The van der Waals surface area contributed by atoms with Crippen LogP contribution in [0.1, 0.15) is 17.2 Å². The number of nitrogens with one attached hydrogen (secondary N) is 1. The maximum atomic E-state index is 12.6. The fourth-order valence-electron chi connectivity index (χ4n) is 2.22. The SMILES string of the molecule is COc1ccc([C@@H](NS(=O)(=O)c2ccc(C)cc2)[C@@H](Cl)C(N)=O)cc1. The molecular weight excluding hydrogens is 364 g/mol. The highest BCUT2D eigenvalue weighted by Gasteiger charge is 2.30. The molecule has 3 N–H and O–H groups in total. The lowest BCUT2D eigenvalue weighted by Crippen LogP contribution is -2.40. The number of sulfonamides is 1. The number of carbonyl (C=O) groups excluding carboxylic acids is 1. The van der Waals surface area contributed by atoms with Gasteiger partial charge in [-0.15, -0.1) is 11.6 Å². The molecule has 0 spiro atoms. The Balaban J connectivity index is 2.38. The number of methoxy groups -OCH3 is 1. The van der Waals surface area contributed by atoms with Crippen molar-refractivity contribution in [2.24, 2.45) is 5.73 Å². The van der Waals surface area contributed by atoms with Gasteiger partial charge in [-0.1, -0.05) is 29.8 Å². The Morgan fingerprint density at radius 3 is 2.16 bits per heavy atom. The summed E-state index contributed by atoms with van der Waals surface area (Å²) in [6.45, 7) is 1.85. The van der Waals surface area contributed by atoms with Gasteiger partial charge in [0, 0.05) is 0 Å². The molecule has 6 nitrogen and oxygen atoms in total. The van der Waals surface area contributed by atoms with Crippen molar-refractivity contribution < 1.29 is 17.9 Å². The van der Waals surface area contributed by atoms with E-state index in [-0.39, 0.29) is 4.90 Å². The fourth-order valence-corrected chi connectivity index (χ4v) is 3.74. The second-order valence-corrected chi connectivity index (χ2v) is 7.67. The predicted octanol–water partition coefficient (Wildman–Crippen LogP) is 2.12. The molecule has 0 aromatic heterocycles. The quantitative estimate of drug-likeness (QED) is 0.716. The molecule has 1 amide bonds. The topological polar surface area (TPSA) is 98.5 Å². The summed E-state index contributed by atoms with van der Waals surface area (Å²) in [5.41, 5.74) is 6.70. The van der Waals surface area contributed by atoms with Gasteiger partial charge >= 0.3 is 0 Å². The minimum Gasteiger partial charge on any atom is -0.497 e. The molecule has 0 fully saturated rings. The summed E-state index contributed by atoms with van der Waals surface area (Å²) in [5.74, 6) is -0.233. The molecule has 0 unspecified atom stereocenters. The number of nitrogens with two attached hydrogens (primary N) is 1. The van der Waals surface area contributed by atoms with Crippen LogP contribution in [0.15, 0.2) is 53.4 Å². The van der Waals surface area contributed by atoms with Crippen LogP contribution in [0.25, 0.3) is 0 Å². The Kier molecular flexibility index (Phi) is 6.05. The summed E-state index contributed by atoms with van der Waals surface area (Å²) >= 11 is 6.08. The predicted molar refractivity (Wildman–Crippen MR) is 96.1 cm³/mol. The second kappa shape index (κ2) is 7.86. The van der Waals surface area contributed by atoms with Crippen LogP contribution in [-0.2, 0) is 14.8 Å². The van der Waals surface area contributed by atoms with E-state index in [9.17, 15) is 13.2 Å². The van der Waals surface area contributed by atoms with Crippen molar-refractivity contribution >= 4 is 27.5 Å². The Morgan fingerprint density at radius 2 is 1.68 bits per heavy atom. The van der Waals surface area contributed by atoms with Crippen LogP contribution >= 0.6 is 11.6 Å². The van der Waals surface area contributed by atoms with Crippen LogP contribution in [0.5, 0.6) is 5.75 Å². The highest BCUT2D eigenvalue weighted by atomic mass is 35.5. The van der Waals surface area contributed by atoms with Crippen molar-refractivity contribution in [3.05, 3.63) is 59.7 Å². The van der Waals surface area contributed by atoms with Gasteiger partial charge in [0.05, 0.1) is 18.0 Å². The van der Waals surface area contributed by atoms with Crippen LogP contribution in [0, 0.1) is 6.92 Å². The Labute approximate surface area is 152 Å². The van der Waals surface area contributed by atoms with E-state index in [1.54, 1.807) is 36.4 Å². The molecule has 8 heteroatoms. The first-order valence-electron chi connectivity index (χ1n) is 7.41. The lowest BCUT2D eigenvalue weighted by Gasteiger charge is -2.22. The fraction of sp³-hybridized carbons (Fsp3) is 0.235. The molecule has 0 saturated heterocycles. The van der Waals surface area contributed by atoms with Crippen LogP contribution in [0.2, 0.25) is 0 Å². The number of rotatable bonds is 7. The van der Waals surface area contributed by atoms with Gasteiger partial charge in [0.2, 0.25) is 15.9 Å². The lowest BCUT2D eigenvalue weighted by molar-refractivity contribution is -0.118. The normalized spacial score (nSPS) is 13.9. The first-order chi connectivity index (χ1) is 11.7. The van der Waals surface area contributed by atoms with Crippen molar-refractivity contribution in [1.82, 2.24) is 4.72 Å². The number of benzene rings is 2. The van der Waals surface area contributed by atoms with Gasteiger partial charge in [-0.25, -0.2) is 13.1 Å².